The van der Waals surface area contributed by atoms with Crippen LogP contribution in [-0.4, -0.2) is 79.7 Å². The lowest BCUT2D eigenvalue weighted by Gasteiger charge is -2.39. The predicted octanol–water partition coefficient (Wildman–Crippen LogP) is 1.43. The van der Waals surface area contributed by atoms with E-state index in [1.165, 1.54) is 25.3 Å². The van der Waals surface area contributed by atoms with Gasteiger partial charge in [0.25, 0.3) is 0 Å². The maximum absolute atomic E-state index is 13.2. The summed E-state index contributed by atoms with van der Waals surface area (Å²) < 4.78 is 24.4. The van der Waals surface area contributed by atoms with Crippen molar-refractivity contribution in [3.63, 3.8) is 0 Å². The molecule has 1 saturated heterocycles. The standard InChI is InChI=1S/C23H33N3O5S/c1-25(20(17-5-3-2-4-6-17)14-26-10-9-18(27)13-26)23(29)12-16-7-8-21-19(11-16)24-22(28)15-32(21,30)31/h7-8,11,17-18,20,27H,2-6,9-10,12-15H2,1H3,(H,24,28)/t18-,20+/m0/s1. The number of nitrogens with zero attached hydrogens (tertiary/aromatic N) is 2. The van der Waals surface area contributed by atoms with E-state index in [-0.39, 0.29) is 35.1 Å². The molecular formula is C23H33N3O5S. The van der Waals surface area contributed by atoms with Gasteiger partial charge >= 0.3 is 0 Å². The molecule has 1 aromatic carbocycles. The summed E-state index contributed by atoms with van der Waals surface area (Å²) in [5.74, 6) is -0.674. The van der Waals surface area contributed by atoms with Crippen LogP contribution in [-0.2, 0) is 25.8 Å². The number of aliphatic hydroxyl groups is 1. The average molecular weight is 464 g/mol. The first-order valence-electron chi connectivity index (χ1n) is 11.5. The van der Waals surface area contributed by atoms with E-state index in [1.54, 1.807) is 12.1 Å². The number of likely N-dealkylation sites (tertiary alicyclic amines) is 1. The third-order valence-corrected chi connectivity index (χ3v) is 8.78. The van der Waals surface area contributed by atoms with Gasteiger partial charge in [0.05, 0.1) is 23.1 Å². The minimum atomic E-state index is -3.63. The molecule has 1 saturated carbocycles. The van der Waals surface area contributed by atoms with Crippen LogP contribution < -0.4 is 5.32 Å². The van der Waals surface area contributed by atoms with Crippen LogP contribution in [0.15, 0.2) is 23.1 Å². The number of β-amino-alcohol motifs (C(OH)–C–C–N with tert-alkyl or cyclic N) is 1. The molecule has 2 atom stereocenters. The van der Waals surface area contributed by atoms with E-state index >= 15 is 0 Å². The molecule has 8 nitrogen and oxygen atoms in total. The molecule has 32 heavy (non-hydrogen) atoms. The monoisotopic (exact) mass is 463 g/mol. The number of carbonyl (C=O) groups excluding carboxylic acids is 2. The number of rotatable bonds is 6. The third-order valence-electron chi connectivity index (χ3n) is 7.11. The Morgan fingerprint density at radius 3 is 2.69 bits per heavy atom. The molecule has 2 fully saturated rings. The molecule has 0 bridgehead atoms. The third kappa shape index (κ3) is 5.15. The van der Waals surface area contributed by atoms with Crippen molar-refractivity contribution in [1.82, 2.24) is 9.80 Å². The van der Waals surface area contributed by atoms with Gasteiger partial charge in [-0.05, 0) is 42.9 Å². The fourth-order valence-corrected chi connectivity index (χ4v) is 6.62. The maximum atomic E-state index is 13.2. The molecule has 0 unspecified atom stereocenters. The zero-order valence-electron chi connectivity index (χ0n) is 18.6. The minimum absolute atomic E-state index is 0.0229. The van der Waals surface area contributed by atoms with Gasteiger partial charge < -0.3 is 15.3 Å². The summed E-state index contributed by atoms with van der Waals surface area (Å²) in [5, 5.41) is 12.5. The van der Waals surface area contributed by atoms with E-state index in [2.05, 4.69) is 10.2 Å². The SMILES string of the molecule is CN(C(=O)Cc1ccc2c(c1)NC(=O)CS2(=O)=O)[C@H](CN1CC[C@H](O)C1)C1CCCCC1. The van der Waals surface area contributed by atoms with Gasteiger partial charge in [0.1, 0.15) is 5.75 Å². The molecule has 1 aromatic rings. The van der Waals surface area contributed by atoms with E-state index in [4.69, 9.17) is 0 Å². The second kappa shape index (κ2) is 9.49. The lowest BCUT2D eigenvalue weighted by Crippen LogP contribution is -2.49. The van der Waals surface area contributed by atoms with Crippen molar-refractivity contribution in [1.29, 1.82) is 0 Å². The van der Waals surface area contributed by atoms with Crippen LogP contribution in [0.25, 0.3) is 0 Å². The number of hydrogen-bond donors (Lipinski definition) is 2. The van der Waals surface area contributed by atoms with Crippen molar-refractivity contribution in [3.05, 3.63) is 23.8 Å². The molecule has 4 rings (SSSR count). The highest BCUT2D eigenvalue weighted by Gasteiger charge is 2.33. The summed E-state index contributed by atoms with van der Waals surface area (Å²) in [4.78, 5) is 29.2. The van der Waals surface area contributed by atoms with Gasteiger partial charge in [-0.1, -0.05) is 25.3 Å². The van der Waals surface area contributed by atoms with Crippen molar-refractivity contribution in [2.45, 2.75) is 62.0 Å². The number of sulfone groups is 1. The van der Waals surface area contributed by atoms with Crippen LogP contribution >= 0.6 is 0 Å². The summed E-state index contributed by atoms with van der Waals surface area (Å²) in [6.07, 6.45) is 6.47. The number of anilines is 1. The Bertz CT molecular complexity index is 974. The first kappa shape index (κ1) is 23.2. The number of benzene rings is 1. The van der Waals surface area contributed by atoms with Crippen molar-refractivity contribution < 1.29 is 23.1 Å². The molecule has 2 heterocycles. The van der Waals surface area contributed by atoms with Crippen LogP contribution in [0.5, 0.6) is 0 Å². The lowest BCUT2D eigenvalue weighted by atomic mass is 9.83. The Kier molecular flexibility index (Phi) is 6.88. The molecule has 2 amide bonds. The number of carbonyl (C=O) groups is 2. The Balaban J connectivity index is 1.49. The Morgan fingerprint density at radius 1 is 1.25 bits per heavy atom. The molecule has 3 aliphatic rings. The van der Waals surface area contributed by atoms with Crippen molar-refractivity contribution in [3.8, 4) is 0 Å². The highest BCUT2D eigenvalue weighted by Crippen LogP contribution is 2.31. The Hall–Kier alpha value is -1.97. The van der Waals surface area contributed by atoms with Gasteiger partial charge in [-0.3, -0.25) is 14.5 Å². The van der Waals surface area contributed by atoms with E-state index < -0.39 is 21.5 Å². The fraction of sp³-hybridized carbons (Fsp3) is 0.652. The lowest BCUT2D eigenvalue weighted by molar-refractivity contribution is -0.133. The zero-order chi connectivity index (χ0) is 22.9. The summed E-state index contributed by atoms with van der Waals surface area (Å²) in [6, 6.07) is 4.83. The molecule has 2 N–H and O–H groups in total. The normalized spacial score (nSPS) is 24.6. The van der Waals surface area contributed by atoms with E-state index in [1.807, 2.05) is 11.9 Å². The molecule has 176 valence electrons. The van der Waals surface area contributed by atoms with Crippen molar-refractivity contribution >= 4 is 27.3 Å². The molecule has 1 aliphatic carbocycles. The predicted molar refractivity (Wildman–Crippen MR) is 121 cm³/mol. The highest BCUT2D eigenvalue weighted by atomic mass is 32.2. The number of aliphatic hydroxyl groups excluding tert-OH is 1. The molecule has 2 aliphatic heterocycles. The molecular weight excluding hydrogens is 430 g/mol. The van der Waals surface area contributed by atoms with Gasteiger partial charge in [-0.2, -0.15) is 0 Å². The molecule has 0 radical (unpaired) electrons. The first-order chi connectivity index (χ1) is 15.2. The fourth-order valence-electron chi connectivity index (χ4n) is 5.33. The second-order valence-electron chi connectivity index (χ2n) is 9.49. The van der Waals surface area contributed by atoms with Crippen molar-refractivity contribution in [2.24, 2.45) is 5.92 Å². The average Bonchev–Trinajstić information content (AvgIpc) is 3.16. The summed E-state index contributed by atoms with van der Waals surface area (Å²) >= 11 is 0. The van der Waals surface area contributed by atoms with Gasteiger partial charge in [0, 0.05) is 32.7 Å². The van der Waals surface area contributed by atoms with Crippen LogP contribution in [0.1, 0.15) is 44.1 Å². The largest absolute Gasteiger partial charge is 0.392 e. The van der Waals surface area contributed by atoms with E-state index in [0.717, 1.165) is 32.4 Å². The van der Waals surface area contributed by atoms with Crippen LogP contribution in [0, 0.1) is 5.92 Å². The second-order valence-corrected chi connectivity index (χ2v) is 11.4. The van der Waals surface area contributed by atoms with Gasteiger partial charge in [0.2, 0.25) is 11.8 Å². The molecule has 9 heteroatoms. The summed E-state index contributed by atoms with van der Waals surface area (Å²) in [7, 11) is -1.77. The van der Waals surface area contributed by atoms with E-state index in [0.29, 0.717) is 18.0 Å². The maximum Gasteiger partial charge on any atom is 0.239 e. The van der Waals surface area contributed by atoms with Crippen LogP contribution in [0.3, 0.4) is 0 Å². The van der Waals surface area contributed by atoms with Crippen LogP contribution in [0.4, 0.5) is 5.69 Å². The molecule has 0 aromatic heterocycles. The van der Waals surface area contributed by atoms with Crippen molar-refractivity contribution in [2.75, 3.05) is 37.8 Å². The zero-order valence-corrected chi connectivity index (χ0v) is 19.4. The summed E-state index contributed by atoms with van der Waals surface area (Å²) in [6.45, 7) is 2.28. The highest BCUT2D eigenvalue weighted by molar-refractivity contribution is 7.92. The van der Waals surface area contributed by atoms with Gasteiger partial charge in [-0.25, -0.2) is 8.42 Å². The quantitative estimate of drug-likeness (QED) is 0.661. The minimum Gasteiger partial charge on any atom is -0.392 e. The summed E-state index contributed by atoms with van der Waals surface area (Å²) in [5.41, 5.74) is 0.932. The number of hydrogen-bond acceptors (Lipinski definition) is 6. The van der Waals surface area contributed by atoms with Crippen LogP contribution in [0.2, 0.25) is 0 Å². The topological polar surface area (TPSA) is 107 Å². The van der Waals surface area contributed by atoms with Gasteiger partial charge in [-0.15, -0.1) is 0 Å². The number of amides is 2. The van der Waals surface area contributed by atoms with Gasteiger partial charge in [0.15, 0.2) is 9.84 Å². The number of likely N-dealkylation sites (N-methyl/N-ethyl adjacent to an activating group) is 1. The Labute approximate surface area is 189 Å². The molecule has 0 spiro atoms. The van der Waals surface area contributed by atoms with E-state index in [9.17, 15) is 23.1 Å². The number of fused-ring (bicyclic) bond motifs is 1. The first-order valence-corrected chi connectivity index (χ1v) is 13.2. The Morgan fingerprint density at radius 2 is 2.00 bits per heavy atom. The smallest absolute Gasteiger partial charge is 0.239 e. The number of nitrogens with one attached hydrogen (secondary N) is 1.